The van der Waals surface area contributed by atoms with Crippen molar-refractivity contribution < 1.29 is 32.2 Å². The van der Waals surface area contributed by atoms with E-state index in [2.05, 4.69) is 5.32 Å². The Morgan fingerprint density at radius 3 is 2.23 bits per heavy atom. The minimum atomic E-state index is -3.84. The lowest BCUT2D eigenvalue weighted by Gasteiger charge is -2.22. The minimum Gasteiger partial charge on any atom is -0.493 e. The van der Waals surface area contributed by atoms with Crippen LogP contribution in [0.4, 0.5) is 0 Å². The lowest BCUT2D eigenvalue weighted by atomic mass is 10.0. The number of methoxy groups -OCH3 is 3. The average Bonchev–Trinajstić information content (AvgIpc) is 2.78. The zero-order chi connectivity index (χ0) is 23.0. The molecule has 0 aromatic heterocycles. The van der Waals surface area contributed by atoms with Gasteiger partial charge in [0.1, 0.15) is 0 Å². The number of hydrogen-bond donors (Lipinski definition) is 1. The summed E-state index contributed by atoms with van der Waals surface area (Å²) in [6.45, 7) is -0.428. The van der Waals surface area contributed by atoms with Gasteiger partial charge in [-0.3, -0.25) is 9.59 Å². The monoisotopic (exact) mass is 450 g/mol. The molecule has 31 heavy (non-hydrogen) atoms. The van der Waals surface area contributed by atoms with Gasteiger partial charge in [0.15, 0.2) is 11.5 Å². The molecule has 1 N–H and O–H groups in total. The summed E-state index contributed by atoms with van der Waals surface area (Å²) in [6.07, 6.45) is -0.146. The van der Waals surface area contributed by atoms with Crippen molar-refractivity contribution in [1.82, 2.24) is 9.62 Å². The van der Waals surface area contributed by atoms with Gasteiger partial charge in [-0.1, -0.05) is 24.3 Å². The van der Waals surface area contributed by atoms with Crippen LogP contribution < -0.4 is 14.8 Å². The van der Waals surface area contributed by atoms with Crippen molar-refractivity contribution in [3.05, 3.63) is 54.1 Å². The first kappa shape index (κ1) is 24.2. The molecule has 2 aromatic carbocycles. The van der Waals surface area contributed by atoms with Crippen molar-refractivity contribution in [2.45, 2.75) is 17.4 Å². The normalized spacial score (nSPS) is 12.2. The highest BCUT2D eigenvalue weighted by Crippen LogP contribution is 2.31. The van der Waals surface area contributed by atoms with Gasteiger partial charge in [0, 0.05) is 7.05 Å². The van der Waals surface area contributed by atoms with Gasteiger partial charge in [-0.05, 0) is 29.8 Å². The standard InChI is InChI=1S/C21H26N2O7S/c1-23(31(26,27)16-8-6-5-7-9-16)14-20(24)22-17(13-21(25)30-4)15-10-11-18(28-2)19(12-15)29-3/h5-12,17H,13-14H2,1-4H3,(H,22,24). The van der Waals surface area contributed by atoms with Gasteiger partial charge >= 0.3 is 5.97 Å². The van der Waals surface area contributed by atoms with E-state index in [0.717, 1.165) is 4.31 Å². The number of rotatable bonds is 10. The summed E-state index contributed by atoms with van der Waals surface area (Å²) in [5.74, 6) is -0.202. The van der Waals surface area contributed by atoms with E-state index in [-0.39, 0.29) is 11.3 Å². The first-order valence-corrected chi connectivity index (χ1v) is 10.8. The van der Waals surface area contributed by atoms with E-state index >= 15 is 0 Å². The molecule has 168 valence electrons. The second kappa shape index (κ2) is 10.8. The summed E-state index contributed by atoms with van der Waals surface area (Å²) < 4.78 is 41.4. The van der Waals surface area contributed by atoms with Crippen LogP contribution >= 0.6 is 0 Å². The van der Waals surface area contributed by atoms with Gasteiger partial charge in [0.05, 0.1) is 45.2 Å². The summed E-state index contributed by atoms with van der Waals surface area (Å²) in [6, 6.07) is 12.0. The van der Waals surface area contributed by atoms with Gasteiger partial charge < -0.3 is 19.5 Å². The highest BCUT2D eigenvalue weighted by atomic mass is 32.2. The van der Waals surface area contributed by atoms with Crippen molar-refractivity contribution in [2.75, 3.05) is 34.9 Å². The van der Waals surface area contributed by atoms with Gasteiger partial charge in [-0.25, -0.2) is 8.42 Å². The molecule has 1 atom stereocenters. The van der Waals surface area contributed by atoms with Crippen molar-refractivity contribution in [1.29, 1.82) is 0 Å². The van der Waals surface area contributed by atoms with Crippen molar-refractivity contribution in [2.24, 2.45) is 0 Å². The number of carbonyl (C=O) groups excluding carboxylic acids is 2. The quantitative estimate of drug-likeness (QED) is 0.549. The third-order valence-corrected chi connectivity index (χ3v) is 6.38. The first-order valence-electron chi connectivity index (χ1n) is 9.32. The molecule has 2 aromatic rings. The molecule has 0 heterocycles. The molecule has 9 nitrogen and oxygen atoms in total. The Kier molecular flexibility index (Phi) is 8.40. The Morgan fingerprint density at radius 1 is 1.00 bits per heavy atom. The highest BCUT2D eigenvalue weighted by molar-refractivity contribution is 7.89. The molecule has 0 bridgehead atoms. The number of esters is 1. The molecular formula is C21H26N2O7S. The van der Waals surface area contributed by atoms with Crippen LogP contribution in [0.15, 0.2) is 53.4 Å². The predicted octanol–water partition coefficient (Wildman–Crippen LogP) is 1.74. The van der Waals surface area contributed by atoms with Gasteiger partial charge in [0.2, 0.25) is 15.9 Å². The fourth-order valence-electron chi connectivity index (χ4n) is 2.87. The van der Waals surface area contributed by atoms with Crippen LogP contribution in [0.3, 0.4) is 0 Å². The van der Waals surface area contributed by atoms with Gasteiger partial charge in [-0.2, -0.15) is 4.31 Å². The van der Waals surface area contributed by atoms with E-state index in [4.69, 9.17) is 14.2 Å². The number of amides is 1. The third-order valence-electron chi connectivity index (χ3n) is 4.56. The molecular weight excluding hydrogens is 424 g/mol. The molecule has 0 radical (unpaired) electrons. The minimum absolute atomic E-state index is 0.0799. The van der Waals surface area contributed by atoms with Crippen LogP contribution in [0.5, 0.6) is 11.5 Å². The van der Waals surface area contributed by atoms with Crippen molar-refractivity contribution in [3.63, 3.8) is 0 Å². The number of nitrogens with one attached hydrogen (secondary N) is 1. The highest BCUT2D eigenvalue weighted by Gasteiger charge is 2.25. The Labute approximate surface area is 182 Å². The number of likely N-dealkylation sites (N-methyl/N-ethyl adjacent to an activating group) is 1. The summed E-state index contributed by atoms with van der Waals surface area (Å²) in [4.78, 5) is 24.6. The predicted molar refractivity (Wildman–Crippen MR) is 113 cm³/mol. The smallest absolute Gasteiger partial charge is 0.307 e. The average molecular weight is 451 g/mol. The maximum Gasteiger partial charge on any atom is 0.307 e. The van der Waals surface area contributed by atoms with E-state index < -0.39 is 34.5 Å². The molecule has 10 heteroatoms. The van der Waals surface area contributed by atoms with Crippen LogP contribution in [-0.4, -0.2) is 59.5 Å². The summed E-state index contributed by atoms with van der Waals surface area (Å²) in [5, 5.41) is 2.70. The van der Waals surface area contributed by atoms with Crippen LogP contribution in [0.25, 0.3) is 0 Å². The van der Waals surface area contributed by atoms with E-state index in [1.807, 2.05) is 0 Å². The van der Waals surface area contributed by atoms with Crippen LogP contribution in [-0.2, 0) is 24.3 Å². The van der Waals surface area contributed by atoms with E-state index in [1.54, 1.807) is 36.4 Å². The Balaban J connectivity index is 2.21. The fourth-order valence-corrected chi connectivity index (χ4v) is 4.02. The van der Waals surface area contributed by atoms with Crippen LogP contribution in [0.1, 0.15) is 18.0 Å². The number of sulfonamides is 1. The van der Waals surface area contributed by atoms with Crippen molar-refractivity contribution >= 4 is 21.9 Å². The number of nitrogens with zero attached hydrogens (tertiary/aromatic N) is 1. The molecule has 1 unspecified atom stereocenters. The molecule has 0 saturated heterocycles. The number of benzene rings is 2. The van der Waals surface area contributed by atoms with E-state index in [1.165, 1.54) is 40.5 Å². The second-order valence-electron chi connectivity index (χ2n) is 6.59. The lowest BCUT2D eigenvalue weighted by molar-refractivity contribution is -0.141. The molecule has 0 spiro atoms. The molecule has 0 aliphatic carbocycles. The van der Waals surface area contributed by atoms with Crippen molar-refractivity contribution in [3.8, 4) is 11.5 Å². The second-order valence-corrected chi connectivity index (χ2v) is 8.63. The maximum absolute atomic E-state index is 12.6. The van der Waals surface area contributed by atoms with Crippen LogP contribution in [0, 0.1) is 0 Å². The Bertz CT molecular complexity index is 1010. The number of carbonyl (C=O) groups is 2. The number of hydrogen-bond acceptors (Lipinski definition) is 7. The first-order chi connectivity index (χ1) is 14.7. The zero-order valence-electron chi connectivity index (χ0n) is 17.8. The largest absolute Gasteiger partial charge is 0.493 e. The maximum atomic E-state index is 12.6. The van der Waals surface area contributed by atoms with E-state index in [9.17, 15) is 18.0 Å². The zero-order valence-corrected chi connectivity index (χ0v) is 18.6. The fraction of sp³-hybridized carbons (Fsp3) is 0.333. The van der Waals surface area contributed by atoms with Gasteiger partial charge in [0.25, 0.3) is 0 Å². The van der Waals surface area contributed by atoms with Crippen LogP contribution in [0.2, 0.25) is 0 Å². The van der Waals surface area contributed by atoms with E-state index in [0.29, 0.717) is 17.1 Å². The lowest BCUT2D eigenvalue weighted by Crippen LogP contribution is -2.40. The molecule has 0 fully saturated rings. The third kappa shape index (κ3) is 6.19. The molecule has 0 aliphatic heterocycles. The molecule has 0 saturated carbocycles. The molecule has 2 rings (SSSR count). The topological polar surface area (TPSA) is 111 Å². The number of ether oxygens (including phenoxy) is 3. The van der Waals surface area contributed by atoms with Gasteiger partial charge in [-0.15, -0.1) is 0 Å². The summed E-state index contributed by atoms with van der Waals surface area (Å²) in [7, 11) is 1.69. The molecule has 0 aliphatic rings. The summed E-state index contributed by atoms with van der Waals surface area (Å²) >= 11 is 0. The molecule has 1 amide bonds. The SMILES string of the molecule is COC(=O)CC(NC(=O)CN(C)S(=O)(=O)c1ccccc1)c1ccc(OC)c(OC)c1. The Morgan fingerprint density at radius 2 is 1.65 bits per heavy atom. The Hall–Kier alpha value is -3.11. The summed E-state index contributed by atoms with van der Waals surface area (Å²) in [5.41, 5.74) is 0.574.